The van der Waals surface area contributed by atoms with Crippen molar-refractivity contribution >= 4 is 33.1 Å². The SMILES string of the molecule is CC1(c2cccs2)NC(=O)N(CCS(C)(=O)=O)C1=O. The minimum Gasteiger partial charge on any atom is -0.319 e. The van der Waals surface area contributed by atoms with Crippen LogP contribution >= 0.6 is 11.3 Å². The van der Waals surface area contributed by atoms with Gasteiger partial charge in [0.2, 0.25) is 0 Å². The van der Waals surface area contributed by atoms with Gasteiger partial charge in [-0.3, -0.25) is 9.69 Å². The Morgan fingerprint density at radius 2 is 2.11 bits per heavy atom. The molecule has 2 heterocycles. The van der Waals surface area contributed by atoms with Crippen LogP contribution in [0.2, 0.25) is 0 Å². The largest absolute Gasteiger partial charge is 0.325 e. The molecular weight excluding hydrogens is 288 g/mol. The molecule has 6 nitrogen and oxygen atoms in total. The third-order valence-corrected chi connectivity index (χ3v) is 4.99. The number of hydrogen-bond donors (Lipinski definition) is 1. The lowest BCUT2D eigenvalue weighted by Crippen LogP contribution is -2.40. The van der Waals surface area contributed by atoms with Gasteiger partial charge in [0, 0.05) is 17.7 Å². The number of amides is 3. The number of nitrogens with one attached hydrogen (secondary N) is 1. The summed E-state index contributed by atoms with van der Waals surface area (Å²) in [5.41, 5.74) is -1.09. The zero-order valence-corrected chi connectivity index (χ0v) is 12.2. The molecule has 104 valence electrons. The van der Waals surface area contributed by atoms with Gasteiger partial charge in [0.15, 0.2) is 5.54 Å². The lowest BCUT2D eigenvalue weighted by atomic mass is 10.0. The van der Waals surface area contributed by atoms with Gasteiger partial charge in [0.05, 0.1) is 5.75 Å². The molecule has 2 rings (SSSR count). The van der Waals surface area contributed by atoms with Gasteiger partial charge in [-0.15, -0.1) is 11.3 Å². The molecule has 1 fully saturated rings. The van der Waals surface area contributed by atoms with Gasteiger partial charge in [0.25, 0.3) is 5.91 Å². The highest BCUT2D eigenvalue weighted by molar-refractivity contribution is 7.90. The highest BCUT2D eigenvalue weighted by atomic mass is 32.2. The Kier molecular flexibility index (Phi) is 3.40. The van der Waals surface area contributed by atoms with Gasteiger partial charge in [-0.05, 0) is 18.4 Å². The first-order valence-electron chi connectivity index (χ1n) is 5.60. The van der Waals surface area contributed by atoms with Gasteiger partial charge in [-0.25, -0.2) is 13.2 Å². The monoisotopic (exact) mass is 302 g/mol. The molecule has 1 saturated heterocycles. The fourth-order valence-corrected chi connectivity index (χ4v) is 3.24. The molecule has 1 atom stereocenters. The predicted octanol–water partition coefficient (Wildman–Crippen LogP) is 0.560. The number of thiophene rings is 1. The number of imide groups is 1. The van der Waals surface area contributed by atoms with Crippen molar-refractivity contribution in [2.45, 2.75) is 12.5 Å². The van der Waals surface area contributed by atoms with Crippen LogP contribution in [0.4, 0.5) is 4.79 Å². The Labute approximate surface area is 115 Å². The van der Waals surface area contributed by atoms with Gasteiger partial charge in [-0.2, -0.15) is 0 Å². The van der Waals surface area contributed by atoms with E-state index in [9.17, 15) is 18.0 Å². The molecule has 0 aromatic carbocycles. The van der Waals surface area contributed by atoms with E-state index in [4.69, 9.17) is 0 Å². The van der Waals surface area contributed by atoms with Crippen LogP contribution in [0.25, 0.3) is 0 Å². The van der Waals surface area contributed by atoms with Gasteiger partial charge in [-0.1, -0.05) is 6.07 Å². The van der Waals surface area contributed by atoms with Crippen molar-refractivity contribution < 1.29 is 18.0 Å². The zero-order chi connectivity index (χ0) is 14.3. The standard InChI is InChI=1S/C11H14N2O4S2/c1-11(8-4-3-6-18-8)9(14)13(10(15)12-11)5-7-19(2,16)17/h3-4,6H,5,7H2,1-2H3,(H,12,15). The van der Waals surface area contributed by atoms with Crippen LogP contribution in [-0.4, -0.2) is 43.8 Å². The van der Waals surface area contributed by atoms with E-state index in [0.29, 0.717) is 0 Å². The summed E-state index contributed by atoms with van der Waals surface area (Å²) in [6.07, 6.45) is 1.07. The lowest BCUT2D eigenvalue weighted by molar-refractivity contribution is -0.130. The topological polar surface area (TPSA) is 83.6 Å². The van der Waals surface area contributed by atoms with Crippen LogP contribution in [0.3, 0.4) is 0 Å². The third kappa shape index (κ3) is 2.64. The number of nitrogens with zero attached hydrogens (tertiary/aromatic N) is 1. The smallest absolute Gasteiger partial charge is 0.319 e. The van der Waals surface area contributed by atoms with E-state index in [1.165, 1.54) is 11.3 Å². The molecule has 0 spiro atoms. The Balaban J connectivity index is 2.22. The molecule has 1 unspecified atom stereocenters. The Bertz CT molecular complexity index is 609. The first-order valence-corrected chi connectivity index (χ1v) is 8.54. The van der Waals surface area contributed by atoms with Crippen molar-refractivity contribution in [2.24, 2.45) is 0 Å². The maximum Gasteiger partial charge on any atom is 0.325 e. The van der Waals surface area contributed by atoms with Crippen molar-refractivity contribution in [3.8, 4) is 0 Å². The molecular formula is C11H14N2O4S2. The predicted molar refractivity (Wildman–Crippen MR) is 71.6 cm³/mol. The molecule has 0 saturated carbocycles. The van der Waals surface area contributed by atoms with E-state index in [-0.39, 0.29) is 12.3 Å². The molecule has 1 aromatic heterocycles. The molecule has 0 aliphatic carbocycles. The summed E-state index contributed by atoms with van der Waals surface area (Å²) < 4.78 is 22.2. The molecule has 19 heavy (non-hydrogen) atoms. The van der Waals surface area contributed by atoms with E-state index >= 15 is 0 Å². The second-order valence-corrected chi connectivity index (χ2v) is 7.83. The Morgan fingerprint density at radius 3 is 2.63 bits per heavy atom. The molecule has 3 amide bonds. The minimum absolute atomic E-state index is 0.121. The van der Waals surface area contributed by atoms with Crippen LogP contribution < -0.4 is 5.32 Å². The number of rotatable bonds is 4. The van der Waals surface area contributed by atoms with Crippen LogP contribution in [0.1, 0.15) is 11.8 Å². The van der Waals surface area contributed by atoms with Crippen molar-refractivity contribution in [3.63, 3.8) is 0 Å². The fourth-order valence-electron chi connectivity index (χ4n) is 1.89. The molecule has 0 radical (unpaired) electrons. The van der Waals surface area contributed by atoms with Gasteiger partial charge in [0.1, 0.15) is 9.84 Å². The number of carbonyl (C=O) groups excluding carboxylic acids is 2. The first kappa shape index (κ1) is 14.0. The maximum atomic E-state index is 12.3. The van der Waals surface area contributed by atoms with Crippen LogP contribution in [0, 0.1) is 0 Å². The molecule has 8 heteroatoms. The molecule has 1 aliphatic rings. The normalized spacial score (nSPS) is 23.8. The van der Waals surface area contributed by atoms with Crippen molar-refractivity contribution in [2.75, 3.05) is 18.6 Å². The minimum atomic E-state index is -3.22. The van der Waals surface area contributed by atoms with E-state index in [0.717, 1.165) is 16.0 Å². The second-order valence-electron chi connectivity index (χ2n) is 4.62. The van der Waals surface area contributed by atoms with Crippen molar-refractivity contribution in [1.29, 1.82) is 0 Å². The summed E-state index contributed by atoms with van der Waals surface area (Å²) >= 11 is 1.37. The van der Waals surface area contributed by atoms with E-state index in [1.54, 1.807) is 19.1 Å². The summed E-state index contributed by atoms with van der Waals surface area (Å²) in [5.74, 6) is -0.643. The van der Waals surface area contributed by atoms with Crippen LogP contribution in [-0.2, 0) is 20.2 Å². The fraction of sp³-hybridized carbons (Fsp3) is 0.455. The number of sulfone groups is 1. The van der Waals surface area contributed by atoms with Crippen molar-refractivity contribution in [1.82, 2.24) is 10.2 Å². The van der Waals surface area contributed by atoms with Gasteiger partial charge < -0.3 is 5.32 Å². The summed E-state index contributed by atoms with van der Waals surface area (Å²) in [4.78, 5) is 25.8. The summed E-state index contributed by atoms with van der Waals surface area (Å²) in [6, 6.07) is 3.01. The second kappa shape index (κ2) is 4.61. The average Bonchev–Trinajstić information content (AvgIpc) is 2.86. The number of urea groups is 1. The first-order chi connectivity index (χ1) is 8.74. The van der Waals surface area contributed by atoms with Crippen LogP contribution in [0.15, 0.2) is 17.5 Å². The summed E-state index contributed by atoms with van der Waals surface area (Å²) in [6.45, 7) is 1.50. The summed E-state index contributed by atoms with van der Waals surface area (Å²) in [5, 5.41) is 4.44. The maximum absolute atomic E-state index is 12.3. The highest BCUT2D eigenvalue weighted by Gasteiger charge is 2.49. The Morgan fingerprint density at radius 1 is 1.42 bits per heavy atom. The summed E-state index contributed by atoms with van der Waals surface area (Å²) in [7, 11) is -3.22. The molecule has 1 aliphatic heterocycles. The third-order valence-electron chi connectivity index (χ3n) is 2.97. The average molecular weight is 302 g/mol. The Hall–Kier alpha value is -1.41. The van der Waals surface area contributed by atoms with Crippen molar-refractivity contribution in [3.05, 3.63) is 22.4 Å². The molecule has 0 bridgehead atoms. The van der Waals surface area contributed by atoms with Gasteiger partial charge >= 0.3 is 6.03 Å². The van der Waals surface area contributed by atoms with E-state index < -0.39 is 27.3 Å². The molecule has 1 N–H and O–H groups in total. The van der Waals surface area contributed by atoms with Crippen LogP contribution in [0.5, 0.6) is 0 Å². The van der Waals surface area contributed by atoms with E-state index in [2.05, 4.69) is 5.32 Å². The lowest BCUT2D eigenvalue weighted by Gasteiger charge is -2.19. The quantitative estimate of drug-likeness (QED) is 0.824. The number of carbonyl (C=O) groups is 2. The highest BCUT2D eigenvalue weighted by Crippen LogP contribution is 2.31. The molecule has 1 aromatic rings. The number of hydrogen-bond acceptors (Lipinski definition) is 5. The van der Waals surface area contributed by atoms with E-state index in [1.807, 2.05) is 5.38 Å². The zero-order valence-electron chi connectivity index (χ0n) is 10.5.